The average molecular weight is 319 g/mol. The van der Waals surface area contributed by atoms with Gasteiger partial charge in [-0.3, -0.25) is 4.79 Å². The zero-order valence-corrected chi connectivity index (χ0v) is 13.0. The van der Waals surface area contributed by atoms with E-state index in [4.69, 9.17) is 5.11 Å². The number of nitrogens with zero attached hydrogens (tertiary/aromatic N) is 2. The average Bonchev–Trinajstić information content (AvgIpc) is 2.98. The number of carboxylic acid groups (broad SMARTS) is 1. The van der Waals surface area contributed by atoms with E-state index in [1.54, 1.807) is 42.2 Å². The molecule has 1 aromatic carbocycles. The lowest BCUT2D eigenvalue weighted by Gasteiger charge is -2.10. The van der Waals surface area contributed by atoms with Gasteiger partial charge in [0.1, 0.15) is 0 Å². The number of amides is 1. The first-order valence-electron chi connectivity index (χ1n) is 6.87. The number of carboxylic acids is 1. The number of thioether (sulfide) groups is 1. The van der Waals surface area contributed by atoms with Gasteiger partial charge in [0.05, 0.1) is 17.1 Å². The minimum atomic E-state index is -1.09. The number of rotatable bonds is 7. The van der Waals surface area contributed by atoms with Gasteiger partial charge in [-0.1, -0.05) is 19.1 Å². The molecular formula is C15H17N3O3S. The van der Waals surface area contributed by atoms with Crippen LogP contribution >= 0.6 is 11.8 Å². The summed E-state index contributed by atoms with van der Waals surface area (Å²) in [6, 6.07) is 8.56. The van der Waals surface area contributed by atoms with Crippen molar-refractivity contribution in [2.45, 2.75) is 13.3 Å². The summed E-state index contributed by atoms with van der Waals surface area (Å²) in [5, 5.41) is 15.8. The van der Waals surface area contributed by atoms with Gasteiger partial charge in [0.2, 0.25) is 5.91 Å². The highest BCUT2D eigenvalue weighted by Gasteiger charge is 2.11. The van der Waals surface area contributed by atoms with Crippen molar-refractivity contribution in [1.82, 2.24) is 9.78 Å². The summed E-state index contributed by atoms with van der Waals surface area (Å²) in [6.07, 6.45) is 2.58. The summed E-state index contributed by atoms with van der Waals surface area (Å²) < 4.78 is 1.44. The van der Waals surface area contributed by atoms with Gasteiger partial charge in [0, 0.05) is 6.20 Å². The van der Waals surface area contributed by atoms with Crippen molar-refractivity contribution >= 4 is 29.3 Å². The lowest BCUT2D eigenvalue weighted by molar-refractivity contribution is -0.113. The Morgan fingerprint density at radius 1 is 1.32 bits per heavy atom. The molecule has 2 N–H and O–H groups in total. The van der Waals surface area contributed by atoms with E-state index >= 15 is 0 Å². The van der Waals surface area contributed by atoms with Crippen LogP contribution in [0.15, 0.2) is 36.5 Å². The highest BCUT2D eigenvalue weighted by molar-refractivity contribution is 7.99. The van der Waals surface area contributed by atoms with E-state index in [0.29, 0.717) is 17.1 Å². The molecule has 6 nitrogen and oxygen atoms in total. The van der Waals surface area contributed by atoms with Crippen LogP contribution in [0.1, 0.15) is 23.8 Å². The molecule has 0 saturated heterocycles. The van der Waals surface area contributed by atoms with Crippen LogP contribution in [0.5, 0.6) is 0 Å². The van der Waals surface area contributed by atoms with Gasteiger partial charge < -0.3 is 10.4 Å². The van der Waals surface area contributed by atoms with Crippen molar-refractivity contribution in [2.75, 3.05) is 16.8 Å². The molecule has 2 rings (SSSR count). The van der Waals surface area contributed by atoms with Crippen molar-refractivity contribution in [3.05, 3.63) is 42.2 Å². The second kappa shape index (κ2) is 7.65. The fourth-order valence-corrected chi connectivity index (χ4v) is 2.54. The minimum Gasteiger partial charge on any atom is -0.476 e. The molecule has 0 atom stereocenters. The second-order valence-electron chi connectivity index (χ2n) is 4.57. The number of nitrogens with one attached hydrogen (secondary N) is 1. The summed E-state index contributed by atoms with van der Waals surface area (Å²) in [5.41, 5.74) is 1.19. The van der Waals surface area contributed by atoms with Gasteiger partial charge in [-0.05, 0) is 30.4 Å². The quantitative estimate of drug-likeness (QED) is 0.767. The molecule has 1 amide bonds. The highest BCUT2D eigenvalue weighted by atomic mass is 32.2. The van der Waals surface area contributed by atoms with Crippen molar-refractivity contribution in [3.8, 4) is 5.69 Å². The normalized spacial score (nSPS) is 10.4. The summed E-state index contributed by atoms with van der Waals surface area (Å²) in [7, 11) is 0. The smallest absolute Gasteiger partial charge is 0.356 e. The molecule has 2 aromatic rings. The molecule has 1 aromatic heterocycles. The van der Waals surface area contributed by atoms with E-state index in [1.807, 2.05) is 0 Å². The topological polar surface area (TPSA) is 84.2 Å². The van der Waals surface area contributed by atoms with E-state index in [9.17, 15) is 9.59 Å². The number of aromatic nitrogens is 2. The van der Waals surface area contributed by atoms with E-state index in [1.165, 1.54) is 10.7 Å². The summed E-state index contributed by atoms with van der Waals surface area (Å²) in [5.74, 6) is 0.158. The zero-order valence-electron chi connectivity index (χ0n) is 12.2. The number of para-hydroxylation sites is 2. The van der Waals surface area contributed by atoms with Crippen LogP contribution in [0.4, 0.5) is 5.69 Å². The van der Waals surface area contributed by atoms with Crippen LogP contribution in [0.25, 0.3) is 5.69 Å². The van der Waals surface area contributed by atoms with Crippen molar-refractivity contribution < 1.29 is 14.7 Å². The predicted octanol–water partition coefficient (Wildman–Crippen LogP) is 2.65. The molecule has 0 aliphatic carbocycles. The van der Waals surface area contributed by atoms with Gasteiger partial charge in [0.25, 0.3) is 0 Å². The molecule has 0 aliphatic heterocycles. The predicted molar refractivity (Wildman–Crippen MR) is 86.8 cm³/mol. The number of hydrogen-bond acceptors (Lipinski definition) is 4. The third-order valence-electron chi connectivity index (χ3n) is 2.81. The van der Waals surface area contributed by atoms with Gasteiger partial charge in [-0.25, -0.2) is 9.48 Å². The van der Waals surface area contributed by atoms with E-state index in [0.717, 1.165) is 12.2 Å². The third-order valence-corrected chi connectivity index (χ3v) is 3.98. The van der Waals surface area contributed by atoms with Gasteiger partial charge in [-0.15, -0.1) is 0 Å². The molecule has 0 spiro atoms. The largest absolute Gasteiger partial charge is 0.476 e. The van der Waals surface area contributed by atoms with Gasteiger partial charge in [-0.2, -0.15) is 16.9 Å². The Morgan fingerprint density at radius 3 is 2.77 bits per heavy atom. The Balaban J connectivity index is 2.15. The van der Waals surface area contributed by atoms with Crippen LogP contribution in [0.3, 0.4) is 0 Å². The van der Waals surface area contributed by atoms with Crippen LogP contribution < -0.4 is 5.32 Å². The van der Waals surface area contributed by atoms with Crippen LogP contribution in [-0.2, 0) is 4.79 Å². The molecule has 22 heavy (non-hydrogen) atoms. The summed E-state index contributed by atoms with van der Waals surface area (Å²) in [4.78, 5) is 22.8. The Kier molecular flexibility index (Phi) is 5.60. The fraction of sp³-hybridized carbons (Fsp3) is 0.267. The van der Waals surface area contributed by atoms with E-state index in [2.05, 4.69) is 17.3 Å². The molecule has 0 fully saturated rings. The first-order valence-corrected chi connectivity index (χ1v) is 8.03. The monoisotopic (exact) mass is 319 g/mol. The lowest BCUT2D eigenvalue weighted by Crippen LogP contribution is -2.16. The number of benzene rings is 1. The Bertz CT molecular complexity index is 670. The van der Waals surface area contributed by atoms with Crippen molar-refractivity contribution in [1.29, 1.82) is 0 Å². The number of anilines is 1. The maximum Gasteiger partial charge on any atom is 0.356 e. The number of carbonyl (C=O) groups excluding carboxylic acids is 1. The number of hydrogen-bond donors (Lipinski definition) is 2. The molecular weight excluding hydrogens is 302 g/mol. The molecule has 0 bridgehead atoms. The molecule has 7 heteroatoms. The third kappa shape index (κ3) is 4.11. The molecule has 0 aliphatic rings. The Labute approximate surface area is 132 Å². The van der Waals surface area contributed by atoms with Crippen LogP contribution in [-0.4, -0.2) is 38.3 Å². The maximum absolute atomic E-state index is 11.9. The molecule has 0 saturated carbocycles. The molecule has 1 heterocycles. The van der Waals surface area contributed by atoms with Crippen molar-refractivity contribution in [2.24, 2.45) is 0 Å². The Hall–Kier alpha value is -2.28. The van der Waals surface area contributed by atoms with Crippen LogP contribution in [0, 0.1) is 0 Å². The maximum atomic E-state index is 11.9. The molecule has 0 radical (unpaired) electrons. The second-order valence-corrected chi connectivity index (χ2v) is 5.67. The minimum absolute atomic E-state index is 0.0420. The zero-order chi connectivity index (χ0) is 15.9. The number of aromatic carboxylic acids is 1. The highest BCUT2D eigenvalue weighted by Crippen LogP contribution is 2.20. The van der Waals surface area contributed by atoms with Crippen LogP contribution in [0.2, 0.25) is 0 Å². The number of carbonyl (C=O) groups is 2. The summed E-state index contributed by atoms with van der Waals surface area (Å²) >= 11 is 1.58. The lowest BCUT2D eigenvalue weighted by atomic mass is 10.2. The first kappa shape index (κ1) is 16.1. The van der Waals surface area contributed by atoms with Crippen molar-refractivity contribution in [3.63, 3.8) is 0 Å². The summed E-state index contributed by atoms with van der Waals surface area (Å²) in [6.45, 7) is 2.07. The molecule has 0 unspecified atom stereocenters. The standard InChI is InChI=1S/C15H17N3O3S/c1-2-9-22-10-14(19)16-11-5-3-4-6-13(11)18-8-7-12(17-18)15(20)21/h3-8H,2,9-10H2,1H3,(H,16,19)(H,20,21). The fourth-order valence-electron chi connectivity index (χ4n) is 1.85. The first-order chi connectivity index (χ1) is 10.6. The van der Waals surface area contributed by atoms with E-state index < -0.39 is 5.97 Å². The Morgan fingerprint density at radius 2 is 2.09 bits per heavy atom. The SMILES string of the molecule is CCCSCC(=O)Nc1ccccc1-n1ccc(C(=O)O)n1. The van der Waals surface area contributed by atoms with Gasteiger partial charge in [0.15, 0.2) is 5.69 Å². The van der Waals surface area contributed by atoms with E-state index in [-0.39, 0.29) is 11.6 Å². The molecule has 116 valence electrons. The van der Waals surface area contributed by atoms with Gasteiger partial charge >= 0.3 is 5.97 Å².